The van der Waals surface area contributed by atoms with E-state index in [0.717, 1.165) is 5.39 Å². The van der Waals surface area contributed by atoms with Crippen LogP contribution in [0.2, 0.25) is 0 Å². The number of ether oxygens (including phenoxy) is 3. The lowest BCUT2D eigenvalue weighted by Crippen LogP contribution is -2.27. The lowest BCUT2D eigenvalue weighted by atomic mass is 10.2. The Morgan fingerprint density at radius 2 is 1.90 bits per heavy atom. The number of aromatic nitrogens is 4. The summed E-state index contributed by atoms with van der Waals surface area (Å²) in [6, 6.07) is 5.16. The van der Waals surface area contributed by atoms with Gasteiger partial charge in [0.2, 0.25) is 0 Å². The molecule has 3 rings (SSSR count). The van der Waals surface area contributed by atoms with E-state index in [2.05, 4.69) is 25.7 Å². The lowest BCUT2D eigenvalue weighted by molar-refractivity contribution is 0.0951. The number of benzene rings is 1. The van der Waals surface area contributed by atoms with Gasteiger partial charge in [0.25, 0.3) is 5.91 Å². The van der Waals surface area contributed by atoms with E-state index in [1.165, 1.54) is 6.33 Å². The Kier molecular flexibility index (Phi) is 7.99. The van der Waals surface area contributed by atoms with Gasteiger partial charge in [0, 0.05) is 25.8 Å². The smallest absolute Gasteiger partial charge is 0.251 e. The van der Waals surface area contributed by atoms with Crippen molar-refractivity contribution in [2.75, 3.05) is 45.3 Å². The average molecular weight is 428 g/mol. The highest BCUT2D eigenvalue weighted by atomic mass is 16.5. The Balaban J connectivity index is 1.62. The average Bonchev–Trinajstić information content (AvgIpc) is 3.19. The number of methoxy groups -OCH3 is 1. The van der Waals surface area contributed by atoms with E-state index in [-0.39, 0.29) is 5.91 Å². The van der Waals surface area contributed by atoms with Crippen LogP contribution in [-0.4, -0.2) is 65.7 Å². The maximum absolute atomic E-state index is 12.6. The van der Waals surface area contributed by atoms with Crippen LogP contribution in [0.5, 0.6) is 11.5 Å². The number of nitrogens with one attached hydrogen (secondary N) is 2. The molecule has 2 heterocycles. The predicted molar refractivity (Wildman–Crippen MR) is 117 cm³/mol. The number of fused-ring (bicyclic) bond motifs is 1. The summed E-state index contributed by atoms with van der Waals surface area (Å²) in [6.07, 6.45) is 3.20. The highest BCUT2D eigenvalue weighted by Gasteiger charge is 2.13. The minimum absolute atomic E-state index is 0.197. The molecule has 166 valence electrons. The number of carbonyl (C=O) groups excluding carboxylic acids is 1. The molecule has 1 amide bonds. The molecule has 0 aliphatic rings. The van der Waals surface area contributed by atoms with Gasteiger partial charge < -0.3 is 24.8 Å². The molecule has 0 unspecified atom stereocenters. The normalized spacial score (nSPS) is 10.8. The second kappa shape index (κ2) is 11.1. The van der Waals surface area contributed by atoms with Gasteiger partial charge in [-0.3, -0.25) is 4.79 Å². The summed E-state index contributed by atoms with van der Waals surface area (Å²) in [4.78, 5) is 21.2. The molecule has 1 aromatic carbocycles. The molecule has 31 heavy (non-hydrogen) atoms. The number of carbonyl (C=O) groups is 1. The number of rotatable bonds is 12. The first-order valence-corrected chi connectivity index (χ1v) is 10.2. The molecule has 0 saturated heterocycles. The van der Waals surface area contributed by atoms with Crippen LogP contribution >= 0.6 is 0 Å². The van der Waals surface area contributed by atoms with E-state index in [4.69, 9.17) is 14.2 Å². The molecule has 2 aromatic heterocycles. The quantitative estimate of drug-likeness (QED) is 0.422. The first-order valence-electron chi connectivity index (χ1n) is 10.2. The Morgan fingerprint density at radius 3 is 2.68 bits per heavy atom. The fourth-order valence-corrected chi connectivity index (χ4v) is 3.04. The fraction of sp³-hybridized carbons (Fsp3) is 0.429. The van der Waals surface area contributed by atoms with E-state index in [1.54, 1.807) is 36.2 Å². The van der Waals surface area contributed by atoms with Gasteiger partial charge in [-0.2, -0.15) is 5.10 Å². The van der Waals surface area contributed by atoms with Gasteiger partial charge in [0.05, 0.1) is 37.9 Å². The van der Waals surface area contributed by atoms with Gasteiger partial charge in [0.1, 0.15) is 12.1 Å². The molecule has 0 fully saturated rings. The van der Waals surface area contributed by atoms with Crippen molar-refractivity contribution < 1.29 is 19.0 Å². The molecule has 0 radical (unpaired) electrons. The SMILES string of the molecule is CCOc1ccc(C(=O)NCCn2ncc3c(NCCOC)ncnc32)cc1OCC. The van der Waals surface area contributed by atoms with Crippen molar-refractivity contribution in [3.05, 3.63) is 36.3 Å². The number of anilines is 1. The van der Waals surface area contributed by atoms with Crippen LogP contribution in [0.4, 0.5) is 5.82 Å². The van der Waals surface area contributed by atoms with E-state index >= 15 is 0 Å². The molecule has 0 aliphatic carbocycles. The van der Waals surface area contributed by atoms with Crippen LogP contribution in [0, 0.1) is 0 Å². The number of nitrogens with zero attached hydrogens (tertiary/aromatic N) is 4. The summed E-state index contributed by atoms with van der Waals surface area (Å²) < 4.78 is 17.9. The predicted octanol–water partition coefficient (Wildman–Crippen LogP) is 2.11. The lowest BCUT2D eigenvalue weighted by Gasteiger charge is -2.12. The maximum atomic E-state index is 12.6. The molecule has 10 heteroatoms. The van der Waals surface area contributed by atoms with Gasteiger partial charge >= 0.3 is 0 Å². The zero-order valence-electron chi connectivity index (χ0n) is 18.1. The molecule has 0 bridgehead atoms. The van der Waals surface area contributed by atoms with E-state index in [0.29, 0.717) is 68.0 Å². The van der Waals surface area contributed by atoms with Gasteiger partial charge in [0.15, 0.2) is 17.1 Å². The van der Waals surface area contributed by atoms with Gasteiger partial charge in [-0.1, -0.05) is 0 Å². The molecular formula is C21H28N6O4. The fourth-order valence-electron chi connectivity index (χ4n) is 3.04. The Morgan fingerprint density at radius 1 is 1.10 bits per heavy atom. The number of amides is 1. The minimum atomic E-state index is -0.197. The third-order valence-electron chi connectivity index (χ3n) is 4.45. The van der Waals surface area contributed by atoms with Gasteiger partial charge in [-0.15, -0.1) is 0 Å². The molecule has 10 nitrogen and oxygen atoms in total. The van der Waals surface area contributed by atoms with Crippen molar-refractivity contribution in [2.24, 2.45) is 0 Å². The Hall–Kier alpha value is -3.40. The van der Waals surface area contributed by atoms with Crippen molar-refractivity contribution in [2.45, 2.75) is 20.4 Å². The molecular weight excluding hydrogens is 400 g/mol. The second-order valence-electron chi connectivity index (χ2n) is 6.53. The first-order chi connectivity index (χ1) is 15.2. The second-order valence-corrected chi connectivity index (χ2v) is 6.53. The van der Waals surface area contributed by atoms with Crippen LogP contribution in [0.15, 0.2) is 30.7 Å². The summed E-state index contributed by atoms with van der Waals surface area (Å²) in [5.74, 6) is 1.69. The number of hydrogen-bond donors (Lipinski definition) is 2. The third-order valence-corrected chi connectivity index (χ3v) is 4.45. The van der Waals surface area contributed by atoms with Crippen LogP contribution in [-0.2, 0) is 11.3 Å². The summed E-state index contributed by atoms with van der Waals surface area (Å²) in [5, 5.41) is 11.3. The standard InChI is InChI=1S/C21H28N6O4/c1-4-30-17-7-6-15(12-18(17)31-5-2)21(28)23-8-10-27-20-16(13-26-27)19(24-14-25-20)22-9-11-29-3/h6-7,12-14H,4-5,8-11H2,1-3H3,(H,23,28)(H,22,24,25). The van der Waals surface area contributed by atoms with E-state index in [9.17, 15) is 4.79 Å². The topological polar surface area (TPSA) is 112 Å². The summed E-state index contributed by atoms with van der Waals surface area (Å²) in [6.45, 7) is 6.87. The van der Waals surface area contributed by atoms with Crippen molar-refractivity contribution in [3.8, 4) is 11.5 Å². The highest BCUT2D eigenvalue weighted by Crippen LogP contribution is 2.28. The van der Waals surface area contributed by atoms with E-state index in [1.807, 2.05) is 13.8 Å². The zero-order chi connectivity index (χ0) is 22.1. The van der Waals surface area contributed by atoms with Crippen molar-refractivity contribution >= 4 is 22.8 Å². The van der Waals surface area contributed by atoms with Crippen molar-refractivity contribution in [1.29, 1.82) is 0 Å². The molecule has 0 spiro atoms. The molecule has 0 atom stereocenters. The molecule has 0 saturated carbocycles. The largest absolute Gasteiger partial charge is 0.490 e. The molecule has 0 aliphatic heterocycles. The van der Waals surface area contributed by atoms with Crippen molar-refractivity contribution in [1.82, 2.24) is 25.1 Å². The van der Waals surface area contributed by atoms with Crippen LogP contribution in [0.25, 0.3) is 11.0 Å². The zero-order valence-corrected chi connectivity index (χ0v) is 18.1. The van der Waals surface area contributed by atoms with Crippen molar-refractivity contribution in [3.63, 3.8) is 0 Å². The highest BCUT2D eigenvalue weighted by molar-refractivity contribution is 5.94. The summed E-state index contributed by atoms with van der Waals surface area (Å²) in [5.41, 5.74) is 1.20. The van der Waals surface area contributed by atoms with Gasteiger partial charge in [-0.25, -0.2) is 14.6 Å². The third kappa shape index (κ3) is 5.60. The minimum Gasteiger partial charge on any atom is -0.490 e. The Bertz CT molecular complexity index is 1010. The van der Waals surface area contributed by atoms with Crippen LogP contribution < -0.4 is 20.1 Å². The molecule has 2 N–H and O–H groups in total. The first kappa shape index (κ1) is 22.3. The molecule has 3 aromatic rings. The van der Waals surface area contributed by atoms with Crippen LogP contribution in [0.3, 0.4) is 0 Å². The Labute approximate surface area is 180 Å². The monoisotopic (exact) mass is 428 g/mol. The van der Waals surface area contributed by atoms with Gasteiger partial charge in [-0.05, 0) is 32.0 Å². The van der Waals surface area contributed by atoms with Crippen LogP contribution in [0.1, 0.15) is 24.2 Å². The summed E-state index contributed by atoms with van der Waals surface area (Å²) >= 11 is 0. The summed E-state index contributed by atoms with van der Waals surface area (Å²) in [7, 11) is 1.65. The number of hydrogen-bond acceptors (Lipinski definition) is 8. The maximum Gasteiger partial charge on any atom is 0.251 e. The van der Waals surface area contributed by atoms with E-state index < -0.39 is 0 Å².